The van der Waals surface area contributed by atoms with Crippen LogP contribution in [-0.4, -0.2) is 86.8 Å². The second kappa shape index (κ2) is 17.1. The summed E-state index contributed by atoms with van der Waals surface area (Å²) in [4.78, 5) is 16.6. The normalized spacial score (nSPS) is 18.2. The zero-order chi connectivity index (χ0) is 35.0. The number of nitrogens with one attached hydrogen (secondary N) is 2. The number of aliphatic hydroxyl groups is 5. The van der Waals surface area contributed by atoms with E-state index in [0.717, 1.165) is 78.5 Å². The summed E-state index contributed by atoms with van der Waals surface area (Å²) in [6.45, 7) is 1.84. The zero-order valence-electron chi connectivity index (χ0n) is 27.8. The first-order chi connectivity index (χ1) is 23.6. The number of amides is 2. The standard InChI is InChI=1S/C37H48ClN3O8/c1-23(6-4-5-16-40-36(47)41-20-31(43)34(45)35(46)32(44)21-42)24-9-12-30(38)25(18-24)22-48-37(14-15-37)29-19-39-17-13-27(29)28-7-2-3-8-33(28)49-26-10-11-26/h2-3,7-9,12-13,17-19,23,26,31-32,34-35,42-46H,4-6,10-11,14-16,20-22H2,1H3,(H2,40,41,47)/t23?,31-,32+,34+,35+/m0/s1. The molecule has 5 atom stereocenters. The average molecular weight is 698 g/mol. The number of carbonyl (C=O) groups is 1. The molecular weight excluding hydrogens is 650 g/mol. The molecule has 11 nitrogen and oxygen atoms in total. The number of carbonyl (C=O) groups excluding carboxylic acids is 1. The van der Waals surface area contributed by atoms with Crippen LogP contribution < -0.4 is 15.4 Å². The van der Waals surface area contributed by atoms with Crippen molar-refractivity contribution in [2.75, 3.05) is 19.7 Å². The van der Waals surface area contributed by atoms with E-state index in [-0.39, 0.29) is 12.5 Å². The number of hydrogen-bond acceptors (Lipinski definition) is 9. The van der Waals surface area contributed by atoms with Crippen molar-refractivity contribution in [1.82, 2.24) is 15.6 Å². The molecule has 3 aromatic rings. The molecule has 2 fully saturated rings. The van der Waals surface area contributed by atoms with Gasteiger partial charge in [0, 0.05) is 41.6 Å². The van der Waals surface area contributed by atoms with Gasteiger partial charge in [0.1, 0.15) is 24.1 Å². The number of urea groups is 1. The minimum atomic E-state index is -1.74. The number of rotatable bonds is 19. The number of unbranched alkanes of at least 4 members (excludes halogenated alkanes) is 1. The molecule has 1 heterocycles. The van der Waals surface area contributed by atoms with Crippen LogP contribution in [0, 0.1) is 0 Å². The van der Waals surface area contributed by atoms with Gasteiger partial charge in [0.15, 0.2) is 0 Å². The highest BCUT2D eigenvalue weighted by Crippen LogP contribution is 2.53. The molecule has 1 aromatic heterocycles. The molecule has 0 spiro atoms. The fourth-order valence-electron chi connectivity index (χ4n) is 5.87. The summed E-state index contributed by atoms with van der Waals surface area (Å²) in [6.07, 6.45) is 3.91. The molecule has 0 saturated heterocycles. The van der Waals surface area contributed by atoms with Gasteiger partial charge in [-0.1, -0.05) is 55.3 Å². The molecule has 7 N–H and O–H groups in total. The van der Waals surface area contributed by atoms with Crippen LogP contribution in [0.4, 0.5) is 4.79 Å². The first kappa shape index (κ1) is 37.0. The molecule has 5 rings (SSSR count). The molecule has 49 heavy (non-hydrogen) atoms. The fraction of sp³-hybridized carbons (Fsp3) is 0.514. The summed E-state index contributed by atoms with van der Waals surface area (Å²) in [5.74, 6) is 1.15. The third kappa shape index (κ3) is 9.91. The highest BCUT2D eigenvalue weighted by molar-refractivity contribution is 6.31. The number of pyridine rings is 1. The lowest BCUT2D eigenvalue weighted by atomic mass is 9.94. The van der Waals surface area contributed by atoms with Crippen molar-refractivity contribution in [3.8, 4) is 16.9 Å². The largest absolute Gasteiger partial charge is 0.490 e. The monoisotopic (exact) mass is 697 g/mol. The van der Waals surface area contributed by atoms with Gasteiger partial charge in [-0.15, -0.1) is 0 Å². The zero-order valence-corrected chi connectivity index (χ0v) is 28.6. The number of halogens is 1. The van der Waals surface area contributed by atoms with Crippen LogP contribution in [0.15, 0.2) is 60.9 Å². The quantitative estimate of drug-likeness (QED) is 0.0908. The van der Waals surface area contributed by atoms with Crippen LogP contribution in [0.3, 0.4) is 0 Å². The Bertz CT molecular complexity index is 1530. The number of aliphatic hydroxyl groups excluding tert-OH is 5. The first-order valence-corrected chi connectivity index (χ1v) is 17.5. The van der Waals surface area contributed by atoms with E-state index >= 15 is 0 Å². The van der Waals surface area contributed by atoms with E-state index in [0.29, 0.717) is 24.3 Å². The maximum Gasteiger partial charge on any atom is 0.314 e. The summed E-state index contributed by atoms with van der Waals surface area (Å²) >= 11 is 6.65. The first-order valence-electron chi connectivity index (χ1n) is 17.1. The van der Waals surface area contributed by atoms with E-state index in [2.05, 4.69) is 34.7 Å². The van der Waals surface area contributed by atoms with Crippen molar-refractivity contribution in [1.29, 1.82) is 0 Å². The Labute approximate surface area is 292 Å². The van der Waals surface area contributed by atoms with Crippen molar-refractivity contribution in [3.05, 3.63) is 82.6 Å². The number of hydrogen-bond donors (Lipinski definition) is 7. The second-order valence-corrected chi connectivity index (χ2v) is 13.6. The SMILES string of the molecule is CC(CCCCNC(=O)NC[C@H](O)[C@@H](O)[C@H](O)[C@H](O)CO)c1ccc(Cl)c(COC2(c3cnccc3-c3ccccc3OC3CC3)CC2)c1. The van der Waals surface area contributed by atoms with E-state index < -0.39 is 42.7 Å². The summed E-state index contributed by atoms with van der Waals surface area (Å²) in [7, 11) is 0. The molecular formula is C37H48ClN3O8. The van der Waals surface area contributed by atoms with Crippen LogP contribution in [0.5, 0.6) is 5.75 Å². The smallest absolute Gasteiger partial charge is 0.314 e. The van der Waals surface area contributed by atoms with E-state index in [4.69, 9.17) is 26.2 Å². The van der Waals surface area contributed by atoms with Crippen molar-refractivity contribution in [2.24, 2.45) is 0 Å². The molecule has 266 valence electrons. The molecule has 0 bridgehead atoms. The van der Waals surface area contributed by atoms with Gasteiger partial charge in [0.05, 0.1) is 31.0 Å². The van der Waals surface area contributed by atoms with Gasteiger partial charge >= 0.3 is 6.03 Å². The Morgan fingerprint density at radius 2 is 1.76 bits per heavy atom. The number of ether oxygens (including phenoxy) is 2. The number of aromatic nitrogens is 1. The van der Waals surface area contributed by atoms with Gasteiger partial charge in [-0.25, -0.2) is 4.79 Å². The number of benzene rings is 2. The van der Waals surface area contributed by atoms with Crippen LogP contribution in [-0.2, 0) is 16.9 Å². The Kier molecular flexibility index (Phi) is 12.9. The summed E-state index contributed by atoms with van der Waals surface area (Å²) < 4.78 is 12.9. The number of nitrogens with zero attached hydrogens (tertiary/aromatic N) is 1. The van der Waals surface area contributed by atoms with Crippen LogP contribution >= 0.6 is 11.6 Å². The maximum atomic E-state index is 12.1. The molecule has 2 aliphatic rings. The topological polar surface area (TPSA) is 174 Å². The van der Waals surface area contributed by atoms with Gasteiger partial charge < -0.3 is 45.6 Å². The third-order valence-corrected chi connectivity index (χ3v) is 9.67. The average Bonchev–Trinajstić information content (AvgIpc) is 4.07. The van der Waals surface area contributed by atoms with Gasteiger partial charge in [-0.3, -0.25) is 4.98 Å². The molecule has 2 saturated carbocycles. The third-order valence-electron chi connectivity index (χ3n) is 9.30. The predicted molar refractivity (Wildman–Crippen MR) is 185 cm³/mol. The fourth-order valence-corrected chi connectivity index (χ4v) is 6.04. The van der Waals surface area contributed by atoms with Crippen molar-refractivity contribution in [3.63, 3.8) is 0 Å². The lowest BCUT2D eigenvalue weighted by Gasteiger charge is -2.25. The molecule has 2 aromatic carbocycles. The van der Waals surface area contributed by atoms with Crippen LogP contribution in [0.2, 0.25) is 5.02 Å². The molecule has 2 amide bonds. The Morgan fingerprint density at radius 3 is 2.49 bits per heavy atom. The highest BCUT2D eigenvalue weighted by Gasteiger charge is 2.48. The molecule has 1 unspecified atom stereocenters. The summed E-state index contributed by atoms with van der Waals surface area (Å²) in [6, 6.07) is 15.8. The maximum absolute atomic E-state index is 12.1. The van der Waals surface area contributed by atoms with Gasteiger partial charge in [-0.2, -0.15) is 0 Å². The Hall–Kier alpha value is -3.29. The van der Waals surface area contributed by atoms with Crippen LogP contribution in [0.25, 0.3) is 11.1 Å². The van der Waals surface area contributed by atoms with Crippen molar-refractivity contribution >= 4 is 17.6 Å². The van der Waals surface area contributed by atoms with E-state index in [1.54, 1.807) is 0 Å². The number of para-hydroxylation sites is 1. The molecule has 2 aliphatic carbocycles. The Balaban J connectivity index is 1.09. The summed E-state index contributed by atoms with van der Waals surface area (Å²) in [5.41, 5.74) is 4.86. The van der Waals surface area contributed by atoms with Gasteiger partial charge in [0.25, 0.3) is 0 Å². The predicted octanol–water partition coefficient (Wildman–Crippen LogP) is 4.16. The molecule has 0 aliphatic heterocycles. The lowest BCUT2D eigenvalue weighted by Crippen LogP contribution is -2.50. The molecule has 0 radical (unpaired) electrons. The summed E-state index contributed by atoms with van der Waals surface area (Å²) in [5, 5.41) is 53.6. The van der Waals surface area contributed by atoms with Crippen molar-refractivity contribution < 1.29 is 39.8 Å². The highest BCUT2D eigenvalue weighted by atomic mass is 35.5. The van der Waals surface area contributed by atoms with Crippen LogP contribution in [0.1, 0.15) is 74.5 Å². The van der Waals surface area contributed by atoms with E-state index in [1.165, 1.54) is 0 Å². The Morgan fingerprint density at radius 1 is 1.00 bits per heavy atom. The van der Waals surface area contributed by atoms with Gasteiger partial charge in [-0.05, 0) is 79.3 Å². The second-order valence-electron chi connectivity index (χ2n) is 13.2. The minimum absolute atomic E-state index is 0.255. The molecule has 12 heteroatoms. The lowest BCUT2D eigenvalue weighted by molar-refractivity contribution is -0.113. The van der Waals surface area contributed by atoms with Crippen molar-refractivity contribution in [2.45, 2.75) is 101 Å². The van der Waals surface area contributed by atoms with E-state index in [9.17, 15) is 25.2 Å². The minimum Gasteiger partial charge on any atom is -0.490 e. The van der Waals surface area contributed by atoms with Gasteiger partial charge in [0.2, 0.25) is 0 Å². The van der Waals surface area contributed by atoms with E-state index in [1.807, 2.05) is 48.8 Å².